The molecule has 0 bridgehead atoms. The lowest BCUT2D eigenvalue weighted by Crippen LogP contribution is -2.40. The number of piperidine rings is 1. The highest BCUT2D eigenvalue weighted by molar-refractivity contribution is 7.99. The van der Waals surface area contributed by atoms with Crippen molar-refractivity contribution in [1.82, 2.24) is 4.90 Å². The van der Waals surface area contributed by atoms with Gasteiger partial charge < -0.3 is 0 Å². The van der Waals surface area contributed by atoms with E-state index in [1.807, 2.05) is 0 Å². The molecule has 1 aliphatic heterocycles. The molecule has 86 valence electrons. The lowest BCUT2D eigenvalue weighted by Gasteiger charge is -2.31. The van der Waals surface area contributed by atoms with Crippen molar-refractivity contribution in [2.24, 2.45) is 0 Å². The van der Waals surface area contributed by atoms with E-state index in [1.54, 1.807) is 0 Å². The average Bonchev–Trinajstić information content (AvgIpc) is 2.68. The largest absolute Gasteiger partial charge is 0.300 e. The van der Waals surface area contributed by atoms with Crippen LogP contribution in [0.15, 0.2) is 0 Å². The number of carbonyl (C=O) groups excluding carboxylic acids is 1. The SMILES string of the molecule is CCSC1CCC(N2CCC(=O)CC2)C1. The van der Waals surface area contributed by atoms with Gasteiger partial charge in [-0.05, 0) is 25.0 Å². The van der Waals surface area contributed by atoms with E-state index in [0.29, 0.717) is 5.78 Å². The summed E-state index contributed by atoms with van der Waals surface area (Å²) in [4.78, 5) is 13.7. The van der Waals surface area contributed by atoms with Crippen LogP contribution >= 0.6 is 11.8 Å². The van der Waals surface area contributed by atoms with Gasteiger partial charge in [0, 0.05) is 37.2 Å². The molecule has 2 nitrogen and oxygen atoms in total. The van der Waals surface area contributed by atoms with E-state index >= 15 is 0 Å². The van der Waals surface area contributed by atoms with E-state index in [1.165, 1.54) is 25.0 Å². The molecule has 1 heterocycles. The van der Waals surface area contributed by atoms with Gasteiger partial charge >= 0.3 is 0 Å². The molecule has 0 radical (unpaired) electrons. The Balaban J connectivity index is 1.78. The first-order chi connectivity index (χ1) is 7.29. The third kappa shape index (κ3) is 2.97. The topological polar surface area (TPSA) is 20.3 Å². The highest BCUT2D eigenvalue weighted by Gasteiger charge is 2.30. The Hall–Kier alpha value is -0.0200. The van der Waals surface area contributed by atoms with E-state index < -0.39 is 0 Å². The first kappa shape index (κ1) is 11.5. The standard InChI is InChI=1S/C12H21NOS/c1-2-15-12-4-3-10(9-12)13-7-5-11(14)6-8-13/h10,12H,2-9H2,1H3. The number of rotatable bonds is 3. The molecule has 3 heteroatoms. The van der Waals surface area contributed by atoms with Gasteiger partial charge in [0.25, 0.3) is 0 Å². The molecule has 15 heavy (non-hydrogen) atoms. The normalized spacial score (nSPS) is 33.5. The summed E-state index contributed by atoms with van der Waals surface area (Å²) in [5.74, 6) is 1.71. The monoisotopic (exact) mass is 227 g/mol. The van der Waals surface area contributed by atoms with Crippen LogP contribution in [0.3, 0.4) is 0 Å². The van der Waals surface area contributed by atoms with Gasteiger partial charge in [0.05, 0.1) is 0 Å². The molecule has 0 amide bonds. The number of hydrogen-bond donors (Lipinski definition) is 0. The van der Waals surface area contributed by atoms with Gasteiger partial charge in [-0.25, -0.2) is 0 Å². The molecule has 0 aromatic rings. The molecule has 1 aliphatic carbocycles. The predicted octanol–water partition coefficient (Wildman–Crippen LogP) is 2.33. The number of hydrogen-bond acceptors (Lipinski definition) is 3. The third-order valence-corrected chi connectivity index (χ3v) is 4.86. The second kappa shape index (κ2) is 5.35. The van der Waals surface area contributed by atoms with E-state index in [2.05, 4.69) is 23.6 Å². The molecule has 0 N–H and O–H groups in total. The zero-order valence-corrected chi connectivity index (χ0v) is 10.4. The number of likely N-dealkylation sites (tertiary alicyclic amines) is 1. The van der Waals surface area contributed by atoms with Crippen LogP contribution in [0, 0.1) is 0 Å². The summed E-state index contributed by atoms with van der Waals surface area (Å²) in [6, 6.07) is 0.780. The van der Waals surface area contributed by atoms with Gasteiger partial charge in [0.2, 0.25) is 0 Å². The van der Waals surface area contributed by atoms with Crippen molar-refractivity contribution in [2.75, 3.05) is 18.8 Å². The van der Waals surface area contributed by atoms with Crippen LogP contribution in [0.2, 0.25) is 0 Å². The maximum Gasteiger partial charge on any atom is 0.135 e. The second-order valence-electron chi connectivity index (χ2n) is 4.62. The fraction of sp³-hybridized carbons (Fsp3) is 0.917. The van der Waals surface area contributed by atoms with Crippen LogP contribution in [0.5, 0.6) is 0 Å². The molecule has 0 aromatic heterocycles. The van der Waals surface area contributed by atoms with Crippen molar-refractivity contribution in [2.45, 2.75) is 50.3 Å². The minimum Gasteiger partial charge on any atom is -0.300 e. The average molecular weight is 227 g/mol. The minimum absolute atomic E-state index is 0.462. The summed E-state index contributed by atoms with van der Waals surface area (Å²) in [6.45, 7) is 4.29. The second-order valence-corrected chi connectivity index (χ2v) is 6.20. The first-order valence-electron chi connectivity index (χ1n) is 6.17. The van der Waals surface area contributed by atoms with Gasteiger partial charge in [-0.2, -0.15) is 11.8 Å². The third-order valence-electron chi connectivity index (χ3n) is 3.63. The molecule has 2 aliphatic rings. The van der Waals surface area contributed by atoms with Crippen LogP contribution < -0.4 is 0 Å². The summed E-state index contributed by atoms with van der Waals surface area (Å²) < 4.78 is 0. The summed E-state index contributed by atoms with van der Waals surface area (Å²) >= 11 is 2.11. The van der Waals surface area contributed by atoms with Gasteiger partial charge in [-0.15, -0.1) is 0 Å². The molecule has 1 saturated carbocycles. The number of ketones is 1. The number of Topliss-reactive ketones (excluding diaryl/α,β-unsaturated/α-hetero) is 1. The van der Waals surface area contributed by atoms with Crippen molar-refractivity contribution in [3.63, 3.8) is 0 Å². The van der Waals surface area contributed by atoms with Crippen LogP contribution in [0.1, 0.15) is 39.0 Å². The Morgan fingerprint density at radius 1 is 1.33 bits per heavy atom. The number of thioether (sulfide) groups is 1. The van der Waals surface area contributed by atoms with E-state index in [4.69, 9.17) is 0 Å². The summed E-state index contributed by atoms with van der Waals surface area (Å²) in [5.41, 5.74) is 0. The van der Waals surface area contributed by atoms with E-state index in [-0.39, 0.29) is 0 Å². The smallest absolute Gasteiger partial charge is 0.135 e. The molecular weight excluding hydrogens is 206 g/mol. The molecular formula is C12H21NOS. The summed E-state index contributed by atoms with van der Waals surface area (Å²) in [6.07, 6.45) is 5.68. The molecule has 2 fully saturated rings. The molecule has 2 rings (SSSR count). The molecule has 0 aromatic carbocycles. The van der Waals surface area contributed by atoms with Gasteiger partial charge in [-0.1, -0.05) is 6.92 Å². The number of carbonyl (C=O) groups is 1. The van der Waals surface area contributed by atoms with Gasteiger partial charge in [-0.3, -0.25) is 9.69 Å². The van der Waals surface area contributed by atoms with Crippen molar-refractivity contribution in [3.05, 3.63) is 0 Å². The quantitative estimate of drug-likeness (QED) is 0.738. The van der Waals surface area contributed by atoms with Gasteiger partial charge in [0.15, 0.2) is 0 Å². The fourth-order valence-corrected chi connectivity index (χ4v) is 3.91. The maximum atomic E-state index is 11.2. The minimum atomic E-state index is 0.462. The fourth-order valence-electron chi connectivity index (χ4n) is 2.77. The van der Waals surface area contributed by atoms with Crippen LogP contribution in [-0.4, -0.2) is 40.8 Å². The van der Waals surface area contributed by atoms with Crippen molar-refractivity contribution < 1.29 is 4.79 Å². The molecule has 2 unspecified atom stereocenters. The summed E-state index contributed by atoms with van der Waals surface area (Å²) in [5, 5.41) is 0.887. The molecule has 1 saturated heterocycles. The Kier molecular flexibility index (Phi) is 4.09. The lowest BCUT2D eigenvalue weighted by atomic mass is 10.1. The van der Waals surface area contributed by atoms with Crippen LogP contribution in [0.4, 0.5) is 0 Å². The highest BCUT2D eigenvalue weighted by atomic mass is 32.2. The predicted molar refractivity (Wildman–Crippen MR) is 65.4 cm³/mol. The Morgan fingerprint density at radius 3 is 2.73 bits per heavy atom. The van der Waals surface area contributed by atoms with E-state index in [0.717, 1.165) is 37.2 Å². The van der Waals surface area contributed by atoms with Crippen molar-refractivity contribution >= 4 is 17.5 Å². The highest BCUT2D eigenvalue weighted by Crippen LogP contribution is 2.33. The Bertz CT molecular complexity index is 222. The Labute approximate surface area is 96.8 Å². The van der Waals surface area contributed by atoms with E-state index in [9.17, 15) is 4.79 Å². The van der Waals surface area contributed by atoms with Crippen LogP contribution in [0.25, 0.3) is 0 Å². The van der Waals surface area contributed by atoms with Crippen molar-refractivity contribution in [1.29, 1.82) is 0 Å². The van der Waals surface area contributed by atoms with Gasteiger partial charge in [0.1, 0.15) is 5.78 Å². The zero-order chi connectivity index (χ0) is 10.7. The summed E-state index contributed by atoms with van der Waals surface area (Å²) in [7, 11) is 0. The first-order valence-corrected chi connectivity index (χ1v) is 7.22. The number of nitrogens with zero attached hydrogens (tertiary/aromatic N) is 1. The Morgan fingerprint density at radius 2 is 2.07 bits per heavy atom. The molecule has 2 atom stereocenters. The van der Waals surface area contributed by atoms with Crippen LogP contribution in [-0.2, 0) is 4.79 Å². The maximum absolute atomic E-state index is 11.2. The molecule has 0 spiro atoms. The zero-order valence-electron chi connectivity index (χ0n) is 9.58. The van der Waals surface area contributed by atoms with Crippen molar-refractivity contribution in [3.8, 4) is 0 Å². The lowest BCUT2D eigenvalue weighted by molar-refractivity contribution is -0.121.